The molecule has 0 saturated heterocycles. The molecule has 3 nitrogen and oxygen atoms in total. The van der Waals surface area contributed by atoms with E-state index in [1.165, 1.54) is 6.07 Å². The van der Waals surface area contributed by atoms with Gasteiger partial charge in [0.05, 0.1) is 0 Å². The fraction of sp³-hybridized carbons (Fsp3) is 0.143. The van der Waals surface area contributed by atoms with Crippen LogP contribution in [0.4, 0.5) is 18.9 Å². The molecule has 0 saturated carbocycles. The molecule has 0 spiro atoms. The summed E-state index contributed by atoms with van der Waals surface area (Å²) in [7, 11) is 0. The van der Waals surface area contributed by atoms with E-state index in [1.54, 1.807) is 6.07 Å². The molecule has 0 heterocycles. The van der Waals surface area contributed by atoms with Gasteiger partial charge in [-0.2, -0.15) is 0 Å². The molecule has 0 aromatic heterocycles. The second kappa shape index (κ2) is 5.43. The Morgan fingerprint density at radius 3 is 2.40 bits per heavy atom. The van der Waals surface area contributed by atoms with E-state index in [-0.39, 0.29) is 23.8 Å². The zero-order valence-electron chi connectivity index (χ0n) is 7.14. The van der Waals surface area contributed by atoms with Gasteiger partial charge in [-0.05, 0) is 28.1 Å². The van der Waals surface area contributed by atoms with E-state index in [0.717, 1.165) is 6.07 Å². The van der Waals surface area contributed by atoms with Gasteiger partial charge in [-0.3, -0.25) is 5.84 Å². The molecule has 0 radical (unpaired) electrons. The summed E-state index contributed by atoms with van der Waals surface area (Å²) in [6.07, 6.45) is -4.73. The summed E-state index contributed by atoms with van der Waals surface area (Å²) in [5.74, 6) is 4.66. The first-order chi connectivity index (χ1) is 6.44. The van der Waals surface area contributed by atoms with Gasteiger partial charge in [0.2, 0.25) is 0 Å². The highest BCUT2D eigenvalue weighted by Gasteiger charge is 2.32. The van der Waals surface area contributed by atoms with Crippen molar-refractivity contribution < 1.29 is 17.9 Å². The molecule has 1 aromatic rings. The average molecular weight is 307 g/mol. The third kappa shape index (κ3) is 4.15. The van der Waals surface area contributed by atoms with Crippen molar-refractivity contribution in [2.45, 2.75) is 6.36 Å². The molecule has 0 aliphatic carbocycles. The summed E-state index contributed by atoms with van der Waals surface area (Å²) in [6.45, 7) is 0. The van der Waals surface area contributed by atoms with Crippen LogP contribution in [-0.4, -0.2) is 6.36 Å². The van der Waals surface area contributed by atoms with Gasteiger partial charge in [-0.25, -0.2) is 0 Å². The predicted octanol–water partition coefficient (Wildman–Crippen LogP) is 3.06. The lowest BCUT2D eigenvalue weighted by atomic mass is 10.3. The zero-order valence-corrected chi connectivity index (χ0v) is 9.54. The maximum atomic E-state index is 11.9. The minimum absolute atomic E-state index is 0. The number of hydrogen-bond donors (Lipinski definition) is 2. The van der Waals surface area contributed by atoms with Gasteiger partial charge in [-0.15, -0.1) is 25.6 Å². The summed E-state index contributed by atoms with van der Waals surface area (Å²) in [4.78, 5) is 0. The van der Waals surface area contributed by atoms with Crippen molar-refractivity contribution >= 4 is 34.0 Å². The number of nitrogen functional groups attached to an aromatic ring is 1. The Kier molecular flexibility index (Phi) is 5.19. The monoisotopic (exact) mass is 306 g/mol. The van der Waals surface area contributed by atoms with Gasteiger partial charge in [0.15, 0.2) is 5.75 Å². The Morgan fingerprint density at radius 2 is 1.93 bits per heavy atom. The summed E-state index contributed by atoms with van der Waals surface area (Å²) in [6, 6.07) is 4.11. The second-order valence-electron chi connectivity index (χ2n) is 2.31. The van der Waals surface area contributed by atoms with Crippen LogP contribution in [0.1, 0.15) is 0 Å². The van der Waals surface area contributed by atoms with Crippen LogP contribution in [0.25, 0.3) is 0 Å². The van der Waals surface area contributed by atoms with Crippen LogP contribution in [0, 0.1) is 0 Å². The molecule has 86 valence electrons. The summed E-state index contributed by atoms with van der Waals surface area (Å²) >= 11 is 3.02. The number of para-hydroxylation sites is 1. The van der Waals surface area contributed by atoms with E-state index in [2.05, 4.69) is 26.1 Å². The smallest absolute Gasteiger partial charge is 0.403 e. The Morgan fingerprint density at radius 1 is 1.33 bits per heavy atom. The van der Waals surface area contributed by atoms with E-state index in [4.69, 9.17) is 5.84 Å². The third-order valence-corrected chi connectivity index (χ3v) is 2.01. The van der Waals surface area contributed by atoms with E-state index in [9.17, 15) is 13.2 Å². The molecule has 0 aliphatic heterocycles. The van der Waals surface area contributed by atoms with Crippen molar-refractivity contribution in [1.82, 2.24) is 0 Å². The van der Waals surface area contributed by atoms with E-state index in [1.807, 2.05) is 0 Å². The van der Waals surface area contributed by atoms with Crippen LogP contribution in [0.3, 0.4) is 0 Å². The van der Waals surface area contributed by atoms with Gasteiger partial charge in [0.25, 0.3) is 0 Å². The molecule has 1 rings (SSSR count). The lowest BCUT2D eigenvalue weighted by molar-refractivity contribution is -0.274. The fourth-order valence-corrected chi connectivity index (χ4v) is 1.32. The Balaban J connectivity index is 0.00000196. The maximum absolute atomic E-state index is 11.9. The molecule has 0 atom stereocenters. The van der Waals surface area contributed by atoms with Crippen molar-refractivity contribution in [3.8, 4) is 5.75 Å². The number of hydrogen-bond acceptors (Lipinski definition) is 3. The quantitative estimate of drug-likeness (QED) is 0.652. The first kappa shape index (κ1) is 14.3. The van der Waals surface area contributed by atoms with Crippen molar-refractivity contribution in [2.24, 2.45) is 5.84 Å². The number of halogens is 5. The van der Waals surface area contributed by atoms with E-state index in [0.29, 0.717) is 4.47 Å². The minimum atomic E-state index is -4.73. The lowest BCUT2D eigenvalue weighted by Crippen LogP contribution is -2.19. The molecule has 0 unspecified atom stereocenters. The molecular formula is C7H7BrClF3N2O. The first-order valence-corrected chi connectivity index (χ1v) is 4.24. The molecule has 0 fully saturated rings. The average Bonchev–Trinajstić information content (AvgIpc) is 2.01. The Bertz CT molecular complexity index is 335. The number of ether oxygens (including phenoxy) is 1. The van der Waals surface area contributed by atoms with Gasteiger partial charge in [0, 0.05) is 4.47 Å². The fourth-order valence-electron chi connectivity index (χ4n) is 0.854. The standard InChI is InChI=1S/C7H6BrF3N2O.ClH/c8-4-2-1-3-5(6(4)13-12)14-7(9,10)11;/h1-3,13H,12H2;1H. The molecule has 0 aliphatic rings. The number of alkyl halides is 3. The number of nitrogens with one attached hydrogen (secondary N) is 1. The lowest BCUT2D eigenvalue weighted by Gasteiger charge is -2.13. The van der Waals surface area contributed by atoms with Gasteiger partial charge < -0.3 is 10.2 Å². The van der Waals surface area contributed by atoms with Crippen LogP contribution in [-0.2, 0) is 0 Å². The van der Waals surface area contributed by atoms with Crippen LogP contribution in [0.2, 0.25) is 0 Å². The number of benzene rings is 1. The zero-order chi connectivity index (χ0) is 10.8. The van der Waals surface area contributed by atoms with Gasteiger partial charge >= 0.3 is 6.36 Å². The highest BCUT2D eigenvalue weighted by Crippen LogP contribution is 2.34. The Hall–Kier alpha value is -0.660. The third-order valence-electron chi connectivity index (χ3n) is 1.35. The van der Waals surface area contributed by atoms with Crippen molar-refractivity contribution in [3.63, 3.8) is 0 Å². The normalized spacial score (nSPS) is 10.5. The van der Waals surface area contributed by atoms with E-state index >= 15 is 0 Å². The number of anilines is 1. The minimum Gasteiger partial charge on any atom is -0.403 e. The molecular weight excluding hydrogens is 300 g/mol. The second-order valence-corrected chi connectivity index (χ2v) is 3.16. The van der Waals surface area contributed by atoms with E-state index < -0.39 is 6.36 Å². The number of hydrazine groups is 1. The largest absolute Gasteiger partial charge is 0.573 e. The Labute approximate surface area is 98.3 Å². The van der Waals surface area contributed by atoms with Crippen LogP contribution in [0.5, 0.6) is 5.75 Å². The SMILES string of the molecule is Cl.NNc1c(Br)cccc1OC(F)(F)F. The molecule has 3 N–H and O–H groups in total. The predicted molar refractivity (Wildman–Crippen MR) is 55.9 cm³/mol. The maximum Gasteiger partial charge on any atom is 0.573 e. The molecule has 0 amide bonds. The van der Waals surface area contributed by atoms with Crippen LogP contribution in [0.15, 0.2) is 22.7 Å². The van der Waals surface area contributed by atoms with Crippen molar-refractivity contribution in [1.29, 1.82) is 0 Å². The van der Waals surface area contributed by atoms with Crippen LogP contribution >= 0.6 is 28.3 Å². The van der Waals surface area contributed by atoms with Gasteiger partial charge in [0.1, 0.15) is 5.69 Å². The number of nitrogens with two attached hydrogens (primary N) is 1. The topological polar surface area (TPSA) is 47.3 Å². The highest BCUT2D eigenvalue weighted by molar-refractivity contribution is 9.10. The molecule has 1 aromatic carbocycles. The summed E-state index contributed by atoms with van der Waals surface area (Å²) < 4.78 is 39.8. The van der Waals surface area contributed by atoms with Crippen molar-refractivity contribution in [3.05, 3.63) is 22.7 Å². The van der Waals surface area contributed by atoms with Crippen LogP contribution < -0.4 is 16.0 Å². The summed E-state index contributed by atoms with van der Waals surface area (Å²) in [5, 5.41) is 0. The summed E-state index contributed by atoms with van der Waals surface area (Å²) in [5.41, 5.74) is 2.16. The molecule has 8 heteroatoms. The number of rotatable bonds is 2. The molecule has 0 bridgehead atoms. The molecule has 15 heavy (non-hydrogen) atoms. The van der Waals surface area contributed by atoms with Gasteiger partial charge in [-0.1, -0.05) is 6.07 Å². The first-order valence-electron chi connectivity index (χ1n) is 3.45. The highest BCUT2D eigenvalue weighted by atomic mass is 79.9. The van der Waals surface area contributed by atoms with Crippen molar-refractivity contribution in [2.75, 3.05) is 5.43 Å².